The van der Waals surface area contributed by atoms with Crippen LogP contribution in [0.15, 0.2) is 0 Å². The van der Waals surface area contributed by atoms with Crippen molar-refractivity contribution in [2.75, 3.05) is 52.4 Å². The summed E-state index contributed by atoms with van der Waals surface area (Å²) in [6, 6.07) is 0. The van der Waals surface area contributed by atoms with Crippen LogP contribution in [0.3, 0.4) is 0 Å². The van der Waals surface area contributed by atoms with Crippen LogP contribution in [0.4, 0.5) is 0 Å². The number of nitrogens with one attached hydrogen (secondary N) is 1. The minimum atomic E-state index is 0.0715. The highest BCUT2D eigenvalue weighted by Crippen LogP contribution is 2.38. The van der Waals surface area contributed by atoms with Gasteiger partial charge in [-0.25, -0.2) is 0 Å². The van der Waals surface area contributed by atoms with Crippen LogP contribution < -0.4 is 11.1 Å². The number of hydrogen-bond acceptors (Lipinski definition) is 4. The Morgan fingerprint density at radius 1 is 1.12 bits per heavy atom. The number of carbonyl (C=O) groups excluding carboxylic acids is 1. The highest BCUT2D eigenvalue weighted by Gasteiger charge is 2.32. The molecular formula is C19H38N4O. The van der Waals surface area contributed by atoms with Crippen molar-refractivity contribution in [3.05, 3.63) is 0 Å². The topological polar surface area (TPSA) is 61.6 Å². The van der Waals surface area contributed by atoms with Crippen LogP contribution in [0, 0.1) is 11.3 Å². The molecule has 0 spiro atoms. The first kappa shape index (κ1) is 19.7. The van der Waals surface area contributed by atoms with Crippen LogP contribution in [0.5, 0.6) is 0 Å². The van der Waals surface area contributed by atoms with Crippen molar-refractivity contribution in [1.82, 2.24) is 15.1 Å². The average Bonchev–Trinajstić information content (AvgIpc) is 2.61. The van der Waals surface area contributed by atoms with E-state index in [1.54, 1.807) is 0 Å². The second-order valence-electron chi connectivity index (χ2n) is 8.09. The van der Waals surface area contributed by atoms with Crippen LogP contribution in [-0.4, -0.2) is 68.1 Å². The number of rotatable bonds is 8. The van der Waals surface area contributed by atoms with E-state index in [0.717, 1.165) is 45.6 Å². The zero-order valence-electron chi connectivity index (χ0n) is 15.9. The van der Waals surface area contributed by atoms with Gasteiger partial charge in [0.25, 0.3) is 0 Å². The van der Waals surface area contributed by atoms with Gasteiger partial charge in [0.15, 0.2) is 0 Å². The SMILES string of the molecule is CCN1CCN(CC(C)CNC(=O)CC2(CN)CCCCC2)CC1. The fraction of sp³-hybridized carbons (Fsp3) is 0.947. The Kier molecular flexibility index (Phi) is 7.98. The Hall–Kier alpha value is -0.650. The molecule has 2 fully saturated rings. The van der Waals surface area contributed by atoms with Crippen LogP contribution in [0.2, 0.25) is 0 Å². The molecule has 24 heavy (non-hydrogen) atoms. The zero-order valence-corrected chi connectivity index (χ0v) is 15.9. The molecule has 0 aromatic carbocycles. The van der Waals surface area contributed by atoms with Crippen molar-refractivity contribution in [2.45, 2.75) is 52.4 Å². The molecule has 1 atom stereocenters. The van der Waals surface area contributed by atoms with Gasteiger partial charge in [0, 0.05) is 45.7 Å². The third kappa shape index (κ3) is 6.01. The normalized spacial score (nSPS) is 23.8. The Balaban J connectivity index is 1.65. The summed E-state index contributed by atoms with van der Waals surface area (Å²) in [7, 11) is 0. The molecule has 0 radical (unpaired) electrons. The lowest BCUT2D eigenvalue weighted by Crippen LogP contribution is -2.48. The Bertz CT molecular complexity index is 374. The van der Waals surface area contributed by atoms with Gasteiger partial charge in [-0.2, -0.15) is 0 Å². The maximum atomic E-state index is 12.4. The first-order valence-corrected chi connectivity index (χ1v) is 9.98. The number of nitrogens with zero attached hydrogens (tertiary/aromatic N) is 2. The largest absolute Gasteiger partial charge is 0.356 e. The lowest BCUT2D eigenvalue weighted by molar-refractivity contribution is -0.124. The van der Waals surface area contributed by atoms with E-state index in [0.29, 0.717) is 18.9 Å². The number of nitrogens with two attached hydrogens (primary N) is 1. The molecular weight excluding hydrogens is 300 g/mol. The summed E-state index contributed by atoms with van der Waals surface area (Å²) in [6.07, 6.45) is 6.61. The number of hydrogen-bond donors (Lipinski definition) is 2. The summed E-state index contributed by atoms with van der Waals surface area (Å²) in [4.78, 5) is 17.4. The number of piperazine rings is 1. The standard InChI is InChI=1S/C19H38N4O/c1-3-22-9-11-23(12-10-22)15-17(2)14-21-18(24)13-19(16-20)7-5-4-6-8-19/h17H,3-16,20H2,1-2H3,(H,21,24). The minimum absolute atomic E-state index is 0.0715. The van der Waals surface area contributed by atoms with Crippen molar-refractivity contribution in [1.29, 1.82) is 0 Å². The molecule has 1 amide bonds. The fourth-order valence-corrected chi connectivity index (χ4v) is 4.24. The molecule has 3 N–H and O–H groups in total. The lowest BCUT2D eigenvalue weighted by atomic mass is 9.71. The fourth-order valence-electron chi connectivity index (χ4n) is 4.24. The van der Waals surface area contributed by atoms with Gasteiger partial charge in [-0.15, -0.1) is 0 Å². The molecule has 1 aliphatic carbocycles. The Morgan fingerprint density at radius 3 is 2.33 bits per heavy atom. The molecule has 1 saturated carbocycles. The number of amides is 1. The van der Waals surface area contributed by atoms with Gasteiger partial charge >= 0.3 is 0 Å². The zero-order chi connectivity index (χ0) is 17.4. The maximum absolute atomic E-state index is 12.4. The Morgan fingerprint density at radius 2 is 1.75 bits per heavy atom. The average molecular weight is 339 g/mol. The quantitative estimate of drug-likeness (QED) is 0.707. The summed E-state index contributed by atoms with van der Waals surface area (Å²) < 4.78 is 0. The third-order valence-electron chi connectivity index (χ3n) is 6.01. The van der Waals surface area contributed by atoms with E-state index in [4.69, 9.17) is 5.73 Å². The predicted molar refractivity (Wildman–Crippen MR) is 99.9 cm³/mol. The van der Waals surface area contributed by atoms with Crippen molar-refractivity contribution in [2.24, 2.45) is 17.1 Å². The van der Waals surface area contributed by atoms with Gasteiger partial charge in [0.05, 0.1) is 0 Å². The van der Waals surface area contributed by atoms with Crippen LogP contribution in [-0.2, 0) is 4.79 Å². The summed E-state index contributed by atoms with van der Waals surface area (Å²) in [5, 5.41) is 3.17. The van der Waals surface area contributed by atoms with Crippen molar-refractivity contribution in [3.8, 4) is 0 Å². The van der Waals surface area contributed by atoms with E-state index in [1.807, 2.05) is 0 Å². The highest BCUT2D eigenvalue weighted by molar-refractivity contribution is 5.76. The molecule has 1 unspecified atom stereocenters. The molecule has 0 aromatic rings. The maximum Gasteiger partial charge on any atom is 0.220 e. The van der Waals surface area contributed by atoms with E-state index in [2.05, 4.69) is 29.0 Å². The first-order chi connectivity index (χ1) is 11.6. The van der Waals surface area contributed by atoms with Gasteiger partial charge < -0.3 is 20.9 Å². The van der Waals surface area contributed by atoms with E-state index in [-0.39, 0.29) is 11.3 Å². The van der Waals surface area contributed by atoms with E-state index in [1.165, 1.54) is 32.4 Å². The predicted octanol–water partition coefficient (Wildman–Crippen LogP) is 1.68. The molecule has 1 aliphatic heterocycles. The van der Waals surface area contributed by atoms with Gasteiger partial charge in [0.1, 0.15) is 0 Å². The molecule has 2 aliphatic rings. The molecule has 0 aromatic heterocycles. The van der Waals surface area contributed by atoms with Crippen molar-refractivity contribution < 1.29 is 4.79 Å². The van der Waals surface area contributed by atoms with Crippen LogP contribution in [0.25, 0.3) is 0 Å². The second-order valence-corrected chi connectivity index (χ2v) is 8.09. The highest BCUT2D eigenvalue weighted by atomic mass is 16.1. The van der Waals surface area contributed by atoms with E-state index >= 15 is 0 Å². The Labute approximate surface area is 148 Å². The van der Waals surface area contributed by atoms with Crippen molar-refractivity contribution >= 4 is 5.91 Å². The molecule has 140 valence electrons. The second kappa shape index (κ2) is 9.73. The van der Waals surface area contributed by atoms with Crippen molar-refractivity contribution in [3.63, 3.8) is 0 Å². The lowest BCUT2D eigenvalue weighted by Gasteiger charge is -2.36. The van der Waals surface area contributed by atoms with E-state index < -0.39 is 0 Å². The summed E-state index contributed by atoms with van der Waals surface area (Å²) >= 11 is 0. The summed E-state index contributed by atoms with van der Waals surface area (Å²) in [6.45, 7) is 12.8. The third-order valence-corrected chi connectivity index (χ3v) is 6.01. The van der Waals surface area contributed by atoms with Gasteiger partial charge in [0.2, 0.25) is 5.91 Å². The van der Waals surface area contributed by atoms with Gasteiger partial charge in [-0.3, -0.25) is 4.79 Å². The summed E-state index contributed by atoms with van der Waals surface area (Å²) in [5.41, 5.74) is 6.07. The van der Waals surface area contributed by atoms with Gasteiger partial charge in [-0.1, -0.05) is 33.1 Å². The molecule has 1 saturated heterocycles. The van der Waals surface area contributed by atoms with Crippen LogP contribution in [0.1, 0.15) is 52.4 Å². The van der Waals surface area contributed by atoms with Gasteiger partial charge in [-0.05, 0) is 37.3 Å². The molecule has 1 heterocycles. The van der Waals surface area contributed by atoms with Crippen LogP contribution >= 0.6 is 0 Å². The molecule has 2 rings (SSSR count). The number of likely N-dealkylation sites (N-methyl/N-ethyl adjacent to an activating group) is 1. The molecule has 5 heteroatoms. The first-order valence-electron chi connectivity index (χ1n) is 9.98. The molecule has 0 bridgehead atoms. The van der Waals surface area contributed by atoms with E-state index in [9.17, 15) is 4.79 Å². The number of carbonyl (C=O) groups is 1. The molecule has 5 nitrogen and oxygen atoms in total. The summed E-state index contributed by atoms with van der Waals surface area (Å²) in [5.74, 6) is 0.701. The minimum Gasteiger partial charge on any atom is -0.356 e. The monoisotopic (exact) mass is 338 g/mol. The smallest absolute Gasteiger partial charge is 0.220 e.